The molecule has 10 heavy (non-hydrogen) atoms. The molecule has 1 unspecified atom stereocenters. The molecule has 0 saturated carbocycles. The number of hydrogen-bond acceptors (Lipinski definition) is 3. The molecule has 0 aliphatic carbocycles. The summed E-state index contributed by atoms with van der Waals surface area (Å²) in [6, 6.07) is 0.642. The lowest BCUT2D eigenvalue weighted by Crippen LogP contribution is -2.54. The fourth-order valence-corrected chi connectivity index (χ4v) is 1.80. The van der Waals surface area contributed by atoms with Crippen LogP contribution in [0.25, 0.3) is 0 Å². The van der Waals surface area contributed by atoms with Crippen LogP contribution in [0.4, 0.5) is 0 Å². The average molecular weight is 141 g/mol. The van der Waals surface area contributed by atoms with E-state index in [4.69, 9.17) is 5.73 Å². The molecule has 4 nitrogen and oxygen atoms in total. The Balaban J connectivity index is 2.08. The molecule has 2 bridgehead atoms. The molecule has 56 valence electrons. The maximum Gasteiger partial charge on any atom is 0.236 e. The van der Waals surface area contributed by atoms with E-state index in [2.05, 4.69) is 10.6 Å². The quantitative estimate of drug-likeness (QED) is 0.402. The minimum atomic E-state index is -0.236. The van der Waals surface area contributed by atoms with Crippen LogP contribution in [0.3, 0.4) is 0 Å². The number of rotatable bonds is 1. The topological polar surface area (TPSA) is 67.2 Å². The Kier molecular flexibility index (Phi) is 1.18. The molecule has 2 aliphatic heterocycles. The highest BCUT2D eigenvalue weighted by Gasteiger charge is 2.41. The zero-order valence-corrected chi connectivity index (χ0v) is 5.63. The second-order valence-electron chi connectivity index (χ2n) is 2.99. The molecule has 0 aromatic heterocycles. The van der Waals surface area contributed by atoms with Gasteiger partial charge in [-0.3, -0.25) is 4.79 Å². The molecule has 2 rings (SSSR count). The molecule has 2 saturated heterocycles. The Hall–Kier alpha value is -0.610. The number of fused-ring (bicyclic) bond motifs is 2. The van der Waals surface area contributed by atoms with E-state index in [1.807, 2.05) is 0 Å². The van der Waals surface area contributed by atoms with Crippen LogP contribution in [0.15, 0.2) is 0 Å². The van der Waals surface area contributed by atoms with Gasteiger partial charge < -0.3 is 16.4 Å². The Labute approximate surface area is 59.2 Å². The molecule has 1 amide bonds. The SMILES string of the molecule is NC(=O)C1N[C@@H]2CN[C@H]1C2. The Morgan fingerprint density at radius 1 is 1.60 bits per heavy atom. The summed E-state index contributed by atoms with van der Waals surface area (Å²) in [4.78, 5) is 10.7. The van der Waals surface area contributed by atoms with Crippen LogP contribution in [0.2, 0.25) is 0 Å². The van der Waals surface area contributed by atoms with E-state index in [0.29, 0.717) is 12.1 Å². The third-order valence-corrected chi connectivity index (χ3v) is 2.29. The summed E-state index contributed by atoms with van der Waals surface area (Å²) in [5.41, 5.74) is 5.14. The van der Waals surface area contributed by atoms with Crippen molar-refractivity contribution in [3.05, 3.63) is 0 Å². The number of carbonyl (C=O) groups is 1. The summed E-state index contributed by atoms with van der Waals surface area (Å²) in [5.74, 6) is -0.236. The van der Waals surface area contributed by atoms with Crippen molar-refractivity contribution < 1.29 is 4.79 Å². The third-order valence-electron chi connectivity index (χ3n) is 2.29. The maximum absolute atomic E-state index is 10.7. The molecule has 2 aliphatic rings. The summed E-state index contributed by atoms with van der Waals surface area (Å²) in [6.45, 7) is 0.981. The number of hydrogen-bond donors (Lipinski definition) is 3. The molecule has 4 N–H and O–H groups in total. The summed E-state index contributed by atoms with van der Waals surface area (Å²) in [6.07, 6.45) is 1.05. The van der Waals surface area contributed by atoms with Gasteiger partial charge >= 0.3 is 0 Å². The fourth-order valence-electron chi connectivity index (χ4n) is 1.80. The van der Waals surface area contributed by atoms with E-state index < -0.39 is 0 Å². The fraction of sp³-hybridized carbons (Fsp3) is 0.833. The summed E-state index contributed by atoms with van der Waals surface area (Å²) in [5, 5.41) is 6.38. The maximum atomic E-state index is 10.7. The van der Waals surface area contributed by atoms with E-state index in [-0.39, 0.29) is 11.9 Å². The predicted molar refractivity (Wildman–Crippen MR) is 36.3 cm³/mol. The second-order valence-corrected chi connectivity index (χ2v) is 2.99. The van der Waals surface area contributed by atoms with Crippen LogP contribution in [0, 0.1) is 0 Å². The molecule has 0 spiro atoms. The van der Waals surface area contributed by atoms with Gasteiger partial charge in [0.05, 0.1) is 0 Å². The largest absolute Gasteiger partial charge is 0.368 e. The van der Waals surface area contributed by atoms with Gasteiger partial charge in [0.25, 0.3) is 0 Å². The molecule has 0 aromatic carbocycles. The number of nitrogens with one attached hydrogen (secondary N) is 2. The van der Waals surface area contributed by atoms with Crippen LogP contribution in [0.1, 0.15) is 6.42 Å². The highest BCUT2D eigenvalue weighted by atomic mass is 16.1. The molecular formula is C6H11N3O. The van der Waals surface area contributed by atoms with E-state index in [9.17, 15) is 4.79 Å². The Bertz CT molecular complexity index is 170. The minimum Gasteiger partial charge on any atom is -0.368 e. The third kappa shape index (κ3) is 0.726. The zero-order chi connectivity index (χ0) is 7.14. The van der Waals surface area contributed by atoms with E-state index >= 15 is 0 Å². The number of nitrogens with two attached hydrogens (primary N) is 1. The number of amides is 1. The first-order valence-electron chi connectivity index (χ1n) is 3.56. The van der Waals surface area contributed by atoms with Gasteiger partial charge in [-0.15, -0.1) is 0 Å². The van der Waals surface area contributed by atoms with Crippen LogP contribution in [0.5, 0.6) is 0 Å². The lowest BCUT2D eigenvalue weighted by Gasteiger charge is -2.20. The first-order valence-corrected chi connectivity index (χ1v) is 3.56. The Morgan fingerprint density at radius 2 is 2.40 bits per heavy atom. The summed E-state index contributed by atoms with van der Waals surface area (Å²) in [7, 11) is 0. The van der Waals surface area contributed by atoms with Gasteiger partial charge in [-0.1, -0.05) is 0 Å². The summed E-state index contributed by atoms with van der Waals surface area (Å²) < 4.78 is 0. The van der Waals surface area contributed by atoms with E-state index in [0.717, 1.165) is 13.0 Å². The van der Waals surface area contributed by atoms with Gasteiger partial charge in [-0.2, -0.15) is 0 Å². The van der Waals surface area contributed by atoms with Crippen molar-refractivity contribution >= 4 is 5.91 Å². The number of carbonyl (C=O) groups excluding carboxylic acids is 1. The lowest BCUT2D eigenvalue weighted by atomic mass is 10.1. The normalized spacial score (nSPS) is 44.2. The minimum absolute atomic E-state index is 0.126. The van der Waals surface area contributed by atoms with Crippen molar-refractivity contribution in [1.29, 1.82) is 0 Å². The first-order chi connectivity index (χ1) is 4.77. The van der Waals surface area contributed by atoms with Crippen LogP contribution in [-0.4, -0.2) is 30.6 Å². The van der Waals surface area contributed by atoms with Crippen LogP contribution in [-0.2, 0) is 4.79 Å². The number of piperazine rings is 1. The van der Waals surface area contributed by atoms with Gasteiger partial charge in [0.15, 0.2) is 0 Å². The molecule has 2 fully saturated rings. The van der Waals surface area contributed by atoms with Crippen molar-refractivity contribution in [2.24, 2.45) is 5.73 Å². The smallest absolute Gasteiger partial charge is 0.236 e. The van der Waals surface area contributed by atoms with Crippen molar-refractivity contribution in [3.8, 4) is 0 Å². The van der Waals surface area contributed by atoms with Gasteiger partial charge in [0.2, 0.25) is 5.91 Å². The van der Waals surface area contributed by atoms with Gasteiger partial charge in [0, 0.05) is 18.6 Å². The lowest BCUT2D eigenvalue weighted by molar-refractivity contribution is -0.120. The Morgan fingerprint density at radius 3 is 2.70 bits per heavy atom. The van der Waals surface area contributed by atoms with Crippen molar-refractivity contribution in [2.75, 3.05) is 6.54 Å². The molecule has 0 radical (unpaired) electrons. The first kappa shape index (κ1) is 6.12. The predicted octanol–water partition coefficient (Wildman–Crippen LogP) is -1.83. The molecule has 4 heteroatoms. The molecular weight excluding hydrogens is 130 g/mol. The average Bonchev–Trinajstić information content (AvgIpc) is 2.44. The van der Waals surface area contributed by atoms with Gasteiger partial charge in [0.1, 0.15) is 6.04 Å². The van der Waals surface area contributed by atoms with Crippen molar-refractivity contribution in [1.82, 2.24) is 10.6 Å². The molecule has 2 heterocycles. The van der Waals surface area contributed by atoms with E-state index in [1.165, 1.54) is 0 Å². The zero-order valence-electron chi connectivity index (χ0n) is 5.63. The highest BCUT2D eigenvalue weighted by molar-refractivity contribution is 5.81. The number of primary amides is 1. The monoisotopic (exact) mass is 141 g/mol. The van der Waals surface area contributed by atoms with E-state index in [1.54, 1.807) is 0 Å². The highest BCUT2D eigenvalue weighted by Crippen LogP contribution is 2.18. The standard InChI is InChI=1S/C6H11N3O/c7-6(10)5-4-1-3(9-5)2-8-4/h3-5,8-9H,1-2H2,(H2,7,10)/t3-,4-,5?/m0/s1. The molecule has 3 atom stereocenters. The van der Waals surface area contributed by atoms with Crippen LogP contribution >= 0.6 is 0 Å². The molecule has 0 aromatic rings. The van der Waals surface area contributed by atoms with Crippen molar-refractivity contribution in [2.45, 2.75) is 24.5 Å². The van der Waals surface area contributed by atoms with Gasteiger partial charge in [-0.05, 0) is 6.42 Å². The summed E-state index contributed by atoms with van der Waals surface area (Å²) >= 11 is 0. The second kappa shape index (κ2) is 1.93. The van der Waals surface area contributed by atoms with Crippen molar-refractivity contribution in [3.63, 3.8) is 0 Å². The van der Waals surface area contributed by atoms with Crippen LogP contribution < -0.4 is 16.4 Å². The van der Waals surface area contributed by atoms with Gasteiger partial charge in [-0.25, -0.2) is 0 Å².